The molecule has 4 amide bonds. The van der Waals surface area contributed by atoms with Crippen molar-refractivity contribution in [3.05, 3.63) is 29.6 Å². The number of aromatic nitrogens is 1. The number of rotatable bonds is 4. The van der Waals surface area contributed by atoms with Crippen molar-refractivity contribution in [3.8, 4) is 0 Å². The van der Waals surface area contributed by atoms with E-state index in [9.17, 15) is 14.4 Å². The first-order chi connectivity index (χ1) is 12.7. The van der Waals surface area contributed by atoms with Gasteiger partial charge in [-0.15, -0.1) is 0 Å². The van der Waals surface area contributed by atoms with Gasteiger partial charge < -0.3 is 14.5 Å². The molecule has 1 unspecified atom stereocenters. The standard InChI is InChI=1S/C19H26N4O4/c1-13-7-14(9-20-8-13)16(24)21-10-15-17(25)22(5-6-27-4)18(26)23(15)12-19(2,3)11-21/h7-9,15H,5-6,10-12H2,1-4H3. The molecule has 0 saturated carbocycles. The van der Waals surface area contributed by atoms with Gasteiger partial charge in [-0.1, -0.05) is 13.8 Å². The fourth-order valence-corrected chi connectivity index (χ4v) is 3.75. The van der Waals surface area contributed by atoms with Crippen LogP contribution in [0.5, 0.6) is 0 Å². The molecule has 0 aliphatic carbocycles. The second-order valence-corrected chi connectivity index (χ2v) is 8.01. The van der Waals surface area contributed by atoms with E-state index in [0.717, 1.165) is 5.56 Å². The van der Waals surface area contributed by atoms with Gasteiger partial charge in [-0.2, -0.15) is 0 Å². The van der Waals surface area contributed by atoms with Gasteiger partial charge in [0.25, 0.3) is 11.8 Å². The third kappa shape index (κ3) is 3.80. The first-order valence-electron chi connectivity index (χ1n) is 9.05. The van der Waals surface area contributed by atoms with Crippen LogP contribution in [0.3, 0.4) is 0 Å². The zero-order chi connectivity index (χ0) is 19.8. The van der Waals surface area contributed by atoms with Crippen LogP contribution in [0.25, 0.3) is 0 Å². The predicted molar refractivity (Wildman–Crippen MR) is 98.1 cm³/mol. The molecule has 0 aromatic carbocycles. The van der Waals surface area contributed by atoms with E-state index in [1.165, 1.54) is 18.2 Å². The molecule has 2 aliphatic heterocycles. The summed E-state index contributed by atoms with van der Waals surface area (Å²) in [5, 5.41) is 0. The van der Waals surface area contributed by atoms with E-state index < -0.39 is 6.04 Å². The van der Waals surface area contributed by atoms with Crippen LogP contribution < -0.4 is 0 Å². The Kier molecular flexibility index (Phi) is 5.19. The first-order valence-corrected chi connectivity index (χ1v) is 9.05. The molecular formula is C19H26N4O4. The number of aryl methyl sites for hydroxylation is 1. The van der Waals surface area contributed by atoms with Gasteiger partial charge in [0.2, 0.25) is 0 Å². The smallest absolute Gasteiger partial charge is 0.327 e. The molecule has 27 heavy (non-hydrogen) atoms. The van der Waals surface area contributed by atoms with Gasteiger partial charge in [-0.25, -0.2) is 4.79 Å². The molecule has 3 rings (SSSR count). The Labute approximate surface area is 159 Å². The lowest BCUT2D eigenvalue weighted by atomic mass is 9.92. The minimum Gasteiger partial charge on any atom is -0.383 e. The first kappa shape index (κ1) is 19.3. The average Bonchev–Trinajstić information content (AvgIpc) is 2.75. The van der Waals surface area contributed by atoms with Gasteiger partial charge >= 0.3 is 6.03 Å². The second kappa shape index (κ2) is 7.26. The van der Waals surface area contributed by atoms with E-state index in [-0.39, 0.29) is 36.3 Å². The highest BCUT2D eigenvalue weighted by Crippen LogP contribution is 2.30. The van der Waals surface area contributed by atoms with Gasteiger partial charge in [-0.05, 0) is 18.6 Å². The Bertz CT molecular complexity index is 764. The number of urea groups is 1. The summed E-state index contributed by atoms with van der Waals surface area (Å²) in [7, 11) is 1.53. The highest BCUT2D eigenvalue weighted by molar-refractivity contribution is 6.05. The number of hydrogen-bond donors (Lipinski definition) is 0. The minimum atomic E-state index is -0.655. The van der Waals surface area contributed by atoms with Crippen molar-refractivity contribution in [2.24, 2.45) is 5.41 Å². The zero-order valence-corrected chi connectivity index (χ0v) is 16.3. The second-order valence-electron chi connectivity index (χ2n) is 8.01. The zero-order valence-electron chi connectivity index (χ0n) is 16.3. The molecular weight excluding hydrogens is 348 g/mol. The SMILES string of the molecule is COCCN1C(=O)C2CN(C(=O)c3cncc(C)c3)CC(C)(C)CN2C1=O. The number of imide groups is 1. The van der Waals surface area contributed by atoms with Crippen LogP contribution in [0.1, 0.15) is 29.8 Å². The van der Waals surface area contributed by atoms with Crippen molar-refractivity contribution in [3.63, 3.8) is 0 Å². The fraction of sp³-hybridized carbons (Fsp3) is 0.579. The normalized spacial score (nSPS) is 22.1. The lowest BCUT2D eigenvalue weighted by Crippen LogP contribution is -2.44. The third-order valence-corrected chi connectivity index (χ3v) is 4.94. The molecule has 3 heterocycles. The number of pyridine rings is 1. The molecule has 8 nitrogen and oxygen atoms in total. The van der Waals surface area contributed by atoms with Gasteiger partial charge in [0.1, 0.15) is 6.04 Å². The summed E-state index contributed by atoms with van der Waals surface area (Å²) in [5.74, 6) is -0.438. The van der Waals surface area contributed by atoms with Crippen LogP contribution in [-0.2, 0) is 9.53 Å². The Hall–Kier alpha value is -2.48. The van der Waals surface area contributed by atoms with E-state index in [4.69, 9.17) is 4.74 Å². The number of hydrogen-bond acceptors (Lipinski definition) is 5. The molecule has 1 aromatic rings. The Morgan fingerprint density at radius 1 is 1.30 bits per heavy atom. The monoisotopic (exact) mass is 374 g/mol. The number of amides is 4. The molecule has 1 atom stereocenters. The molecule has 8 heteroatoms. The van der Waals surface area contributed by atoms with Gasteiger partial charge in [0.05, 0.1) is 25.3 Å². The van der Waals surface area contributed by atoms with Crippen molar-refractivity contribution >= 4 is 17.8 Å². The Morgan fingerprint density at radius 2 is 2.04 bits per heavy atom. The number of nitrogens with zero attached hydrogens (tertiary/aromatic N) is 4. The molecule has 0 spiro atoms. The maximum absolute atomic E-state index is 13.1. The molecule has 1 aromatic heterocycles. The van der Waals surface area contributed by atoms with Crippen LogP contribution in [0.4, 0.5) is 4.79 Å². The number of carbonyl (C=O) groups is 3. The summed E-state index contributed by atoms with van der Waals surface area (Å²) >= 11 is 0. The number of fused-ring (bicyclic) bond motifs is 1. The van der Waals surface area contributed by atoms with Crippen LogP contribution in [0.2, 0.25) is 0 Å². The van der Waals surface area contributed by atoms with Crippen LogP contribution in [0.15, 0.2) is 18.5 Å². The summed E-state index contributed by atoms with van der Waals surface area (Å²) in [5.41, 5.74) is 1.05. The van der Waals surface area contributed by atoms with E-state index >= 15 is 0 Å². The summed E-state index contributed by atoms with van der Waals surface area (Å²) in [6.45, 7) is 7.46. The average molecular weight is 374 g/mol. The summed E-state index contributed by atoms with van der Waals surface area (Å²) in [6, 6.07) is 0.830. The predicted octanol–water partition coefficient (Wildman–Crippen LogP) is 1.15. The molecule has 0 bridgehead atoms. The van der Waals surface area contributed by atoms with E-state index in [1.807, 2.05) is 20.8 Å². The topological polar surface area (TPSA) is 83.1 Å². The van der Waals surface area contributed by atoms with Crippen molar-refractivity contribution in [1.29, 1.82) is 0 Å². The summed E-state index contributed by atoms with van der Waals surface area (Å²) in [6.07, 6.45) is 3.23. The van der Waals surface area contributed by atoms with Gasteiger partial charge in [-0.3, -0.25) is 19.5 Å². The van der Waals surface area contributed by atoms with E-state index in [1.54, 1.807) is 22.1 Å². The molecule has 2 aliphatic rings. The quantitative estimate of drug-likeness (QED) is 0.739. The van der Waals surface area contributed by atoms with Crippen molar-refractivity contribution < 1.29 is 19.1 Å². The van der Waals surface area contributed by atoms with E-state index in [2.05, 4.69) is 4.98 Å². The maximum Gasteiger partial charge on any atom is 0.327 e. The van der Waals surface area contributed by atoms with Crippen LogP contribution >= 0.6 is 0 Å². The minimum absolute atomic E-state index is 0.170. The van der Waals surface area contributed by atoms with Crippen molar-refractivity contribution in [2.75, 3.05) is 39.9 Å². The Balaban J connectivity index is 1.88. The lowest BCUT2D eigenvalue weighted by Gasteiger charge is -2.30. The fourth-order valence-electron chi connectivity index (χ4n) is 3.75. The number of carbonyl (C=O) groups excluding carboxylic acids is 3. The maximum atomic E-state index is 13.1. The van der Waals surface area contributed by atoms with Gasteiger partial charge in [0.15, 0.2) is 0 Å². The highest BCUT2D eigenvalue weighted by atomic mass is 16.5. The number of ether oxygens (including phenoxy) is 1. The molecule has 0 N–H and O–H groups in total. The van der Waals surface area contributed by atoms with Crippen molar-refractivity contribution in [1.82, 2.24) is 19.7 Å². The Morgan fingerprint density at radius 3 is 2.70 bits per heavy atom. The van der Waals surface area contributed by atoms with Gasteiger partial charge in [0, 0.05) is 38.0 Å². The van der Waals surface area contributed by atoms with Crippen molar-refractivity contribution in [2.45, 2.75) is 26.8 Å². The molecule has 2 fully saturated rings. The lowest BCUT2D eigenvalue weighted by molar-refractivity contribution is -0.128. The molecule has 146 valence electrons. The highest BCUT2D eigenvalue weighted by Gasteiger charge is 2.50. The van der Waals surface area contributed by atoms with Crippen LogP contribution in [-0.4, -0.2) is 83.5 Å². The summed E-state index contributed by atoms with van der Waals surface area (Å²) in [4.78, 5) is 47.2. The van der Waals surface area contributed by atoms with E-state index in [0.29, 0.717) is 25.3 Å². The summed E-state index contributed by atoms with van der Waals surface area (Å²) < 4.78 is 5.01. The van der Waals surface area contributed by atoms with Crippen LogP contribution in [0, 0.1) is 12.3 Å². The number of methoxy groups -OCH3 is 1. The molecule has 2 saturated heterocycles. The third-order valence-electron chi connectivity index (χ3n) is 4.94. The largest absolute Gasteiger partial charge is 0.383 e. The molecule has 0 radical (unpaired) electrons.